The van der Waals surface area contributed by atoms with Gasteiger partial charge in [0, 0.05) is 26.3 Å². The van der Waals surface area contributed by atoms with Crippen LogP contribution < -0.4 is 20.1 Å². The molecule has 31 heavy (non-hydrogen) atoms. The summed E-state index contributed by atoms with van der Waals surface area (Å²) in [7, 11) is 1.66. The van der Waals surface area contributed by atoms with Gasteiger partial charge in [0.05, 0.1) is 13.7 Å². The normalized spacial score (nSPS) is 10.5. The van der Waals surface area contributed by atoms with Gasteiger partial charge in [-0.3, -0.25) is 0 Å². The quantitative estimate of drug-likeness (QED) is 0.185. The zero-order valence-electron chi connectivity index (χ0n) is 18.1. The van der Waals surface area contributed by atoms with Gasteiger partial charge in [0.1, 0.15) is 17.6 Å². The Balaban J connectivity index is 0.00000480. The average molecular weight is 538 g/mol. The number of nitrogens with zero attached hydrogens (tertiary/aromatic N) is 2. The first-order valence-corrected chi connectivity index (χ1v) is 10.1. The molecule has 0 aliphatic heterocycles. The van der Waals surface area contributed by atoms with Gasteiger partial charge >= 0.3 is 0 Å². The van der Waals surface area contributed by atoms with Crippen molar-refractivity contribution in [1.29, 1.82) is 5.26 Å². The van der Waals surface area contributed by atoms with Crippen LogP contribution in [0.25, 0.3) is 0 Å². The van der Waals surface area contributed by atoms with Crippen LogP contribution in [0.2, 0.25) is 0 Å². The third-order valence-corrected chi connectivity index (χ3v) is 4.20. The van der Waals surface area contributed by atoms with Gasteiger partial charge in [0.25, 0.3) is 0 Å². The second-order valence-corrected chi connectivity index (χ2v) is 6.44. The Morgan fingerprint density at radius 1 is 1.06 bits per heavy atom. The van der Waals surface area contributed by atoms with Crippen LogP contribution in [-0.4, -0.2) is 39.4 Å². The molecule has 0 atom stereocenters. The second kappa shape index (κ2) is 16.2. The van der Waals surface area contributed by atoms with Crippen LogP contribution in [0.5, 0.6) is 11.5 Å². The van der Waals surface area contributed by atoms with Crippen molar-refractivity contribution in [2.45, 2.75) is 26.4 Å². The molecule has 0 unspecified atom stereocenters. The third-order valence-electron chi connectivity index (χ3n) is 4.20. The number of aliphatic imine (C=N–C) groups is 1. The van der Waals surface area contributed by atoms with Crippen molar-refractivity contribution < 1.29 is 14.2 Å². The largest absolute Gasteiger partial charge is 0.497 e. The Hall–Kier alpha value is -2.51. The standard InChI is InChI=1S/C23H30N4O3.HI/c1-3-29-14-5-13-25-23(26-17-19-8-10-21(28-2)11-9-19)27-18-20-6-4-7-22(16-20)30-15-12-24;/h4,6-11,16H,3,5,13-15,17-18H2,1-2H3,(H2,25,26,27);1H. The van der Waals surface area contributed by atoms with Crippen molar-refractivity contribution in [3.8, 4) is 17.6 Å². The number of nitrogens with one attached hydrogen (secondary N) is 2. The van der Waals surface area contributed by atoms with Crippen molar-refractivity contribution in [2.24, 2.45) is 4.99 Å². The van der Waals surface area contributed by atoms with Gasteiger partial charge in [0.15, 0.2) is 12.6 Å². The van der Waals surface area contributed by atoms with Gasteiger partial charge in [-0.15, -0.1) is 24.0 Å². The molecule has 0 aliphatic rings. The number of hydrogen-bond donors (Lipinski definition) is 2. The summed E-state index contributed by atoms with van der Waals surface area (Å²) < 4.78 is 16.0. The van der Waals surface area contributed by atoms with Gasteiger partial charge in [-0.2, -0.15) is 5.26 Å². The van der Waals surface area contributed by atoms with Crippen LogP contribution >= 0.6 is 24.0 Å². The van der Waals surface area contributed by atoms with Crippen LogP contribution in [0.4, 0.5) is 0 Å². The molecule has 0 saturated carbocycles. The molecule has 8 heteroatoms. The number of ether oxygens (including phenoxy) is 3. The topological polar surface area (TPSA) is 87.9 Å². The molecule has 168 valence electrons. The van der Waals surface area contributed by atoms with E-state index >= 15 is 0 Å². The lowest BCUT2D eigenvalue weighted by Crippen LogP contribution is -2.37. The van der Waals surface area contributed by atoms with Gasteiger partial charge in [-0.1, -0.05) is 24.3 Å². The molecule has 0 fully saturated rings. The fourth-order valence-corrected chi connectivity index (χ4v) is 2.65. The van der Waals surface area contributed by atoms with E-state index in [2.05, 4.69) is 10.6 Å². The molecular formula is C23H31IN4O3. The molecule has 7 nitrogen and oxygen atoms in total. The molecule has 0 amide bonds. The summed E-state index contributed by atoms with van der Waals surface area (Å²) in [5.41, 5.74) is 2.14. The number of methoxy groups -OCH3 is 1. The minimum atomic E-state index is 0. The minimum Gasteiger partial charge on any atom is -0.497 e. The van der Waals surface area contributed by atoms with Crippen LogP contribution in [0.3, 0.4) is 0 Å². The summed E-state index contributed by atoms with van der Waals surface area (Å²) in [6, 6.07) is 17.5. The first-order chi connectivity index (χ1) is 14.7. The lowest BCUT2D eigenvalue weighted by Gasteiger charge is -2.13. The maximum atomic E-state index is 8.66. The van der Waals surface area contributed by atoms with Gasteiger partial charge in [-0.25, -0.2) is 4.99 Å². The fraction of sp³-hybridized carbons (Fsp3) is 0.391. The van der Waals surface area contributed by atoms with Crippen molar-refractivity contribution in [1.82, 2.24) is 10.6 Å². The highest BCUT2D eigenvalue weighted by Gasteiger charge is 2.02. The van der Waals surface area contributed by atoms with Crippen molar-refractivity contribution >= 4 is 29.9 Å². The molecule has 2 aromatic carbocycles. The van der Waals surface area contributed by atoms with E-state index in [-0.39, 0.29) is 30.6 Å². The number of nitriles is 1. The van der Waals surface area contributed by atoms with Crippen LogP contribution in [-0.2, 0) is 17.8 Å². The first kappa shape index (κ1) is 26.5. The molecule has 2 rings (SSSR count). The summed E-state index contributed by atoms with van der Waals surface area (Å²) in [4.78, 5) is 4.69. The Labute approximate surface area is 201 Å². The predicted molar refractivity (Wildman–Crippen MR) is 133 cm³/mol. The number of hydrogen-bond acceptors (Lipinski definition) is 5. The smallest absolute Gasteiger partial charge is 0.191 e. The molecule has 0 aromatic heterocycles. The molecule has 0 heterocycles. The summed E-state index contributed by atoms with van der Waals surface area (Å²) in [5.74, 6) is 2.23. The molecule has 0 spiro atoms. The molecule has 0 aliphatic carbocycles. The van der Waals surface area contributed by atoms with E-state index < -0.39 is 0 Å². The Morgan fingerprint density at radius 2 is 1.87 bits per heavy atom. The van der Waals surface area contributed by atoms with Gasteiger partial charge in [-0.05, 0) is 48.7 Å². The Morgan fingerprint density at radius 3 is 2.58 bits per heavy atom. The Bertz CT molecular complexity index is 822. The molecule has 0 radical (unpaired) electrons. The van der Waals surface area contributed by atoms with Crippen molar-refractivity contribution in [2.75, 3.05) is 33.5 Å². The summed E-state index contributed by atoms with van der Waals surface area (Å²) in [6.45, 7) is 5.36. The zero-order valence-corrected chi connectivity index (χ0v) is 20.4. The number of halogens is 1. The zero-order chi connectivity index (χ0) is 21.4. The number of rotatable bonds is 12. The van der Waals surface area contributed by atoms with Crippen LogP contribution in [0, 0.1) is 11.3 Å². The maximum Gasteiger partial charge on any atom is 0.191 e. The fourth-order valence-electron chi connectivity index (χ4n) is 2.65. The summed E-state index contributed by atoms with van der Waals surface area (Å²) >= 11 is 0. The van der Waals surface area contributed by atoms with Crippen LogP contribution in [0.1, 0.15) is 24.5 Å². The molecular weight excluding hydrogens is 507 g/mol. The second-order valence-electron chi connectivity index (χ2n) is 6.44. The van der Waals surface area contributed by atoms with E-state index in [9.17, 15) is 0 Å². The SMILES string of the molecule is CCOCCCNC(=NCc1cccc(OCC#N)c1)NCc1ccc(OC)cc1.I. The van der Waals surface area contributed by atoms with E-state index in [0.717, 1.165) is 42.4 Å². The highest BCUT2D eigenvalue weighted by atomic mass is 127. The lowest BCUT2D eigenvalue weighted by atomic mass is 10.2. The monoisotopic (exact) mass is 538 g/mol. The molecule has 2 aromatic rings. The molecule has 2 N–H and O–H groups in total. The van der Waals surface area contributed by atoms with Gasteiger partial charge < -0.3 is 24.8 Å². The minimum absolute atomic E-state index is 0. The van der Waals surface area contributed by atoms with E-state index in [1.807, 2.05) is 61.5 Å². The van der Waals surface area contributed by atoms with Gasteiger partial charge in [0.2, 0.25) is 0 Å². The van der Waals surface area contributed by atoms with E-state index in [4.69, 9.17) is 24.5 Å². The van der Waals surface area contributed by atoms with E-state index in [1.165, 1.54) is 0 Å². The van der Waals surface area contributed by atoms with E-state index in [1.54, 1.807) is 7.11 Å². The number of guanidine groups is 1. The predicted octanol–water partition coefficient (Wildman–Crippen LogP) is 3.88. The maximum absolute atomic E-state index is 8.66. The summed E-state index contributed by atoms with van der Waals surface area (Å²) in [6.07, 6.45) is 0.897. The number of benzene rings is 2. The highest BCUT2D eigenvalue weighted by Crippen LogP contribution is 2.14. The highest BCUT2D eigenvalue weighted by molar-refractivity contribution is 14.0. The molecule has 0 bridgehead atoms. The molecule has 0 saturated heterocycles. The van der Waals surface area contributed by atoms with E-state index in [0.29, 0.717) is 25.4 Å². The average Bonchev–Trinajstić information content (AvgIpc) is 2.79. The lowest BCUT2D eigenvalue weighted by molar-refractivity contribution is 0.145. The first-order valence-electron chi connectivity index (χ1n) is 10.1. The third kappa shape index (κ3) is 10.9. The van der Waals surface area contributed by atoms with Crippen LogP contribution in [0.15, 0.2) is 53.5 Å². The van der Waals surface area contributed by atoms with Crippen molar-refractivity contribution in [3.05, 3.63) is 59.7 Å². The summed E-state index contributed by atoms with van der Waals surface area (Å²) in [5, 5.41) is 15.4. The Kier molecular flexibility index (Phi) is 13.9. The van der Waals surface area contributed by atoms with Crippen molar-refractivity contribution in [3.63, 3.8) is 0 Å².